The second kappa shape index (κ2) is 7.52. The molecular formula is C10H18O. The number of unbranched alkanes of at least 4 members (excludes halogenated alkanes) is 1. The van der Waals surface area contributed by atoms with Crippen LogP contribution in [0, 0.1) is 5.92 Å². The molecule has 0 fully saturated rings. The Kier molecular flexibility index (Phi) is 7.11. The third-order valence-electron chi connectivity index (χ3n) is 1.71. The van der Waals surface area contributed by atoms with Gasteiger partial charge in [-0.2, -0.15) is 0 Å². The minimum absolute atomic E-state index is 0.566. The molecule has 0 spiro atoms. The summed E-state index contributed by atoms with van der Waals surface area (Å²) in [5.74, 6) is 0.634. The Bertz CT molecular complexity index is 116. The van der Waals surface area contributed by atoms with Gasteiger partial charge in [0.05, 0.1) is 0 Å². The Morgan fingerprint density at radius 1 is 1.45 bits per heavy atom. The van der Waals surface area contributed by atoms with Crippen molar-refractivity contribution in [2.45, 2.75) is 39.5 Å². The lowest BCUT2D eigenvalue weighted by Crippen LogP contribution is -1.88. The van der Waals surface area contributed by atoms with Crippen LogP contribution in [0.2, 0.25) is 0 Å². The van der Waals surface area contributed by atoms with Crippen molar-refractivity contribution in [1.29, 1.82) is 0 Å². The van der Waals surface area contributed by atoms with Crippen LogP contribution in [0.4, 0.5) is 0 Å². The second-order valence-electron chi connectivity index (χ2n) is 2.95. The first kappa shape index (κ1) is 10.4. The van der Waals surface area contributed by atoms with E-state index in [9.17, 15) is 4.79 Å². The normalized spacial score (nSPS) is 13.6. The summed E-state index contributed by atoms with van der Waals surface area (Å²) >= 11 is 0. The van der Waals surface area contributed by atoms with E-state index < -0.39 is 0 Å². The van der Waals surface area contributed by atoms with Gasteiger partial charge in [-0.1, -0.05) is 38.8 Å². The monoisotopic (exact) mass is 154 g/mol. The summed E-state index contributed by atoms with van der Waals surface area (Å²) in [5, 5.41) is 0. The van der Waals surface area contributed by atoms with E-state index in [1.165, 1.54) is 19.3 Å². The van der Waals surface area contributed by atoms with Crippen LogP contribution < -0.4 is 0 Å². The summed E-state index contributed by atoms with van der Waals surface area (Å²) in [6, 6.07) is 0. The van der Waals surface area contributed by atoms with Crippen LogP contribution in [0.25, 0.3) is 0 Å². The molecule has 0 aliphatic heterocycles. The zero-order valence-corrected chi connectivity index (χ0v) is 7.55. The zero-order chi connectivity index (χ0) is 8.53. The molecule has 0 aromatic heterocycles. The van der Waals surface area contributed by atoms with Gasteiger partial charge in [0.15, 0.2) is 0 Å². The van der Waals surface area contributed by atoms with Crippen LogP contribution in [-0.2, 0) is 4.79 Å². The minimum atomic E-state index is 0.566. The lowest BCUT2D eigenvalue weighted by Gasteiger charge is -2.02. The Morgan fingerprint density at radius 2 is 2.18 bits per heavy atom. The number of hydrogen-bond acceptors (Lipinski definition) is 1. The molecule has 0 bridgehead atoms. The topological polar surface area (TPSA) is 17.1 Å². The maximum Gasteiger partial charge on any atom is 0.123 e. The molecule has 0 N–H and O–H groups in total. The smallest absolute Gasteiger partial charge is 0.123 e. The molecule has 1 unspecified atom stereocenters. The van der Waals surface area contributed by atoms with Gasteiger partial charge in [0.25, 0.3) is 0 Å². The second-order valence-corrected chi connectivity index (χ2v) is 2.95. The fourth-order valence-corrected chi connectivity index (χ4v) is 0.989. The molecule has 64 valence electrons. The summed E-state index contributed by atoms with van der Waals surface area (Å²) in [6.45, 7) is 4.39. The van der Waals surface area contributed by atoms with Crippen molar-refractivity contribution in [1.82, 2.24) is 0 Å². The Labute approximate surface area is 69.5 Å². The van der Waals surface area contributed by atoms with E-state index in [2.05, 4.69) is 19.9 Å². The van der Waals surface area contributed by atoms with Gasteiger partial charge in [-0.15, -0.1) is 0 Å². The first-order valence-electron chi connectivity index (χ1n) is 4.41. The highest BCUT2D eigenvalue weighted by molar-refractivity contribution is 5.51. The van der Waals surface area contributed by atoms with Crippen LogP contribution in [0.5, 0.6) is 0 Å². The van der Waals surface area contributed by atoms with Crippen LogP contribution in [0.1, 0.15) is 39.5 Å². The predicted molar refractivity (Wildman–Crippen MR) is 48.5 cm³/mol. The first-order valence-corrected chi connectivity index (χ1v) is 4.41. The quantitative estimate of drug-likeness (QED) is 0.424. The largest absolute Gasteiger partial charge is 0.303 e. The molecule has 0 radical (unpaired) electrons. The molecule has 0 amide bonds. The van der Waals surface area contributed by atoms with E-state index in [1.807, 2.05) is 6.08 Å². The first-order chi connectivity index (χ1) is 5.31. The van der Waals surface area contributed by atoms with Gasteiger partial charge in [0.1, 0.15) is 6.29 Å². The highest BCUT2D eigenvalue weighted by Gasteiger charge is 1.93. The van der Waals surface area contributed by atoms with E-state index >= 15 is 0 Å². The van der Waals surface area contributed by atoms with Gasteiger partial charge in [-0.25, -0.2) is 0 Å². The van der Waals surface area contributed by atoms with E-state index in [0.29, 0.717) is 12.3 Å². The molecule has 1 atom stereocenters. The molecular weight excluding hydrogens is 136 g/mol. The number of aldehydes is 1. The fourth-order valence-electron chi connectivity index (χ4n) is 0.989. The van der Waals surface area contributed by atoms with Gasteiger partial charge in [-0.05, 0) is 12.3 Å². The molecule has 0 aliphatic rings. The molecule has 1 heteroatoms. The van der Waals surface area contributed by atoms with E-state index in [4.69, 9.17) is 0 Å². The number of carbonyl (C=O) groups is 1. The van der Waals surface area contributed by atoms with E-state index in [-0.39, 0.29) is 0 Å². The number of hydrogen-bond donors (Lipinski definition) is 0. The molecule has 0 rings (SSSR count). The molecule has 11 heavy (non-hydrogen) atoms. The number of carbonyl (C=O) groups excluding carboxylic acids is 1. The number of rotatable bonds is 6. The van der Waals surface area contributed by atoms with Crippen molar-refractivity contribution < 1.29 is 4.79 Å². The number of allylic oxidation sites excluding steroid dienone is 2. The third-order valence-corrected chi connectivity index (χ3v) is 1.71. The lowest BCUT2D eigenvalue weighted by molar-refractivity contribution is -0.107. The van der Waals surface area contributed by atoms with Crippen molar-refractivity contribution in [2.24, 2.45) is 5.92 Å². The van der Waals surface area contributed by atoms with Crippen LogP contribution >= 0.6 is 0 Å². The minimum Gasteiger partial charge on any atom is -0.303 e. The third kappa shape index (κ3) is 7.31. The van der Waals surface area contributed by atoms with Gasteiger partial charge in [-0.3, -0.25) is 0 Å². The maximum absolute atomic E-state index is 9.95. The lowest BCUT2D eigenvalue weighted by atomic mass is 10.0. The molecule has 1 nitrogen and oxygen atoms in total. The van der Waals surface area contributed by atoms with Crippen LogP contribution in [0.3, 0.4) is 0 Å². The average Bonchev–Trinajstić information content (AvgIpc) is 2.01. The van der Waals surface area contributed by atoms with Crippen molar-refractivity contribution in [3.8, 4) is 0 Å². The van der Waals surface area contributed by atoms with E-state index in [0.717, 1.165) is 6.29 Å². The molecule has 0 saturated carbocycles. The van der Waals surface area contributed by atoms with Gasteiger partial charge in [0.2, 0.25) is 0 Å². The van der Waals surface area contributed by atoms with Crippen molar-refractivity contribution >= 4 is 6.29 Å². The molecule has 0 heterocycles. The Hall–Kier alpha value is -0.590. The van der Waals surface area contributed by atoms with E-state index in [1.54, 1.807) is 0 Å². The van der Waals surface area contributed by atoms with Gasteiger partial charge < -0.3 is 4.79 Å². The summed E-state index contributed by atoms with van der Waals surface area (Å²) in [4.78, 5) is 9.95. The van der Waals surface area contributed by atoms with Crippen LogP contribution in [-0.4, -0.2) is 6.29 Å². The van der Waals surface area contributed by atoms with Crippen molar-refractivity contribution in [3.63, 3.8) is 0 Å². The van der Waals surface area contributed by atoms with Gasteiger partial charge in [0, 0.05) is 6.42 Å². The molecule has 0 aliphatic carbocycles. The Balaban J connectivity index is 3.34. The Morgan fingerprint density at radius 3 is 2.73 bits per heavy atom. The molecule has 0 aromatic carbocycles. The van der Waals surface area contributed by atoms with Crippen molar-refractivity contribution in [2.75, 3.05) is 0 Å². The fraction of sp³-hybridized carbons (Fsp3) is 0.700. The van der Waals surface area contributed by atoms with Crippen molar-refractivity contribution in [3.05, 3.63) is 12.2 Å². The summed E-state index contributed by atoms with van der Waals surface area (Å²) in [7, 11) is 0. The summed E-state index contributed by atoms with van der Waals surface area (Å²) in [6.07, 6.45) is 9.36. The van der Waals surface area contributed by atoms with Gasteiger partial charge >= 0.3 is 0 Å². The molecule has 0 aromatic rings. The molecule has 0 saturated heterocycles. The standard InChI is InChI=1S/C10H18O/c1-3-4-7-10(2)8-5-6-9-11/h5,8-10H,3-4,6-7H2,1-2H3/b8-5+. The average molecular weight is 154 g/mol. The SMILES string of the molecule is CCCCC(C)/C=C/CC=O. The summed E-state index contributed by atoms with van der Waals surface area (Å²) in [5.41, 5.74) is 0. The highest BCUT2D eigenvalue weighted by Crippen LogP contribution is 2.08. The summed E-state index contributed by atoms with van der Waals surface area (Å²) < 4.78 is 0. The predicted octanol–water partition coefficient (Wildman–Crippen LogP) is 2.96. The highest BCUT2D eigenvalue weighted by atomic mass is 16.1. The maximum atomic E-state index is 9.95. The van der Waals surface area contributed by atoms with Crippen LogP contribution in [0.15, 0.2) is 12.2 Å². The zero-order valence-electron chi connectivity index (χ0n) is 7.55.